The molecule has 0 aromatic carbocycles. The number of hydrogen-bond acceptors (Lipinski definition) is 3. The zero-order valence-corrected chi connectivity index (χ0v) is 17.0. The van der Waals surface area contributed by atoms with Crippen LogP contribution < -0.4 is 5.32 Å². The molecule has 29 heavy (non-hydrogen) atoms. The molecule has 156 valence electrons. The fourth-order valence-corrected chi connectivity index (χ4v) is 6.78. The van der Waals surface area contributed by atoms with E-state index in [9.17, 15) is 13.6 Å². The molecular weight excluding hydrogens is 374 g/mol. The fourth-order valence-electron chi connectivity index (χ4n) is 6.78. The van der Waals surface area contributed by atoms with Crippen LogP contribution in [0.5, 0.6) is 0 Å². The van der Waals surface area contributed by atoms with Gasteiger partial charge in [0.2, 0.25) is 5.91 Å². The van der Waals surface area contributed by atoms with Crippen molar-refractivity contribution < 1.29 is 13.6 Å². The number of pyridine rings is 1. The van der Waals surface area contributed by atoms with Crippen LogP contribution in [0.25, 0.3) is 11.0 Å². The first kappa shape index (κ1) is 18.9. The van der Waals surface area contributed by atoms with E-state index in [1.54, 1.807) is 13.8 Å². The molecule has 0 atom stereocenters. The van der Waals surface area contributed by atoms with Crippen molar-refractivity contribution in [3.8, 4) is 0 Å². The van der Waals surface area contributed by atoms with Gasteiger partial charge in [0.15, 0.2) is 5.65 Å². The summed E-state index contributed by atoms with van der Waals surface area (Å²) in [5.74, 6) is 2.41. The molecule has 0 spiro atoms. The predicted octanol–water partition coefficient (Wildman–Crippen LogP) is 4.32. The van der Waals surface area contributed by atoms with E-state index in [-0.39, 0.29) is 23.4 Å². The summed E-state index contributed by atoms with van der Waals surface area (Å²) in [6, 6.07) is 1.40. The number of nitrogens with one attached hydrogen (secondary N) is 1. The van der Waals surface area contributed by atoms with Crippen LogP contribution in [0.15, 0.2) is 6.07 Å². The third-order valence-electron chi connectivity index (χ3n) is 7.39. The van der Waals surface area contributed by atoms with Crippen LogP contribution in [-0.2, 0) is 11.3 Å². The number of carbonyl (C=O) groups excluding carboxylic acids is 1. The Morgan fingerprint density at radius 1 is 1.21 bits per heavy atom. The highest BCUT2D eigenvalue weighted by atomic mass is 19.3. The normalized spacial score (nSPS) is 30.4. The second-order valence-corrected chi connectivity index (χ2v) is 9.79. The first-order chi connectivity index (χ1) is 13.8. The van der Waals surface area contributed by atoms with Gasteiger partial charge in [-0.15, -0.1) is 0 Å². The molecule has 1 amide bonds. The van der Waals surface area contributed by atoms with Crippen molar-refractivity contribution in [1.82, 2.24) is 20.1 Å². The largest absolute Gasteiger partial charge is 0.354 e. The molecule has 2 aromatic heterocycles. The van der Waals surface area contributed by atoms with Crippen molar-refractivity contribution in [2.75, 3.05) is 6.54 Å². The lowest BCUT2D eigenvalue weighted by molar-refractivity contribution is -0.124. The highest BCUT2D eigenvalue weighted by molar-refractivity contribution is 5.84. The van der Waals surface area contributed by atoms with Gasteiger partial charge in [0, 0.05) is 17.8 Å². The number of carbonyl (C=O) groups is 1. The molecule has 0 aliphatic heterocycles. The zero-order chi connectivity index (χ0) is 20.3. The summed E-state index contributed by atoms with van der Waals surface area (Å²) in [6.07, 6.45) is 5.25. The predicted molar refractivity (Wildman–Crippen MR) is 106 cm³/mol. The Labute approximate surface area is 169 Å². The van der Waals surface area contributed by atoms with E-state index in [1.165, 1.54) is 49.3 Å². The topological polar surface area (TPSA) is 59.8 Å². The number of alkyl halides is 2. The summed E-state index contributed by atoms with van der Waals surface area (Å²) in [5.41, 5.74) is 1.55. The van der Waals surface area contributed by atoms with E-state index in [0.717, 1.165) is 24.3 Å². The van der Waals surface area contributed by atoms with Gasteiger partial charge in [0.05, 0.1) is 11.1 Å². The average molecular weight is 402 g/mol. The number of halogens is 2. The Kier molecular flexibility index (Phi) is 4.40. The average Bonchev–Trinajstić information content (AvgIpc) is 2.93. The van der Waals surface area contributed by atoms with Crippen molar-refractivity contribution in [3.05, 3.63) is 23.0 Å². The van der Waals surface area contributed by atoms with Crippen molar-refractivity contribution in [2.45, 2.75) is 65.3 Å². The van der Waals surface area contributed by atoms with E-state index in [4.69, 9.17) is 0 Å². The van der Waals surface area contributed by atoms with Crippen LogP contribution in [0.1, 0.15) is 61.9 Å². The first-order valence-electron chi connectivity index (χ1n) is 10.7. The van der Waals surface area contributed by atoms with Crippen LogP contribution in [0.2, 0.25) is 0 Å². The molecule has 7 heteroatoms. The van der Waals surface area contributed by atoms with Gasteiger partial charge in [-0.05, 0) is 81.6 Å². The van der Waals surface area contributed by atoms with Crippen LogP contribution >= 0.6 is 0 Å². The Hall–Kier alpha value is -2.05. The lowest BCUT2D eigenvalue weighted by Gasteiger charge is -2.56. The number of aromatic nitrogens is 3. The van der Waals surface area contributed by atoms with E-state index < -0.39 is 6.43 Å². The summed E-state index contributed by atoms with van der Waals surface area (Å²) in [6.45, 7) is 4.11. The summed E-state index contributed by atoms with van der Waals surface area (Å²) in [7, 11) is 0. The summed E-state index contributed by atoms with van der Waals surface area (Å²) < 4.78 is 28.4. The third-order valence-corrected chi connectivity index (χ3v) is 7.39. The van der Waals surface area contributed by atoms with Gasteiger partial charge in [0.1, 0.15) is 6.54 Å². The molecule has 5 nitrogen and oxygen atoms in total. The lowest BCUT2D eigenvalue weighted by atomic mass is 9.49. The zero-order valence-electron chi connectivity index (χ0n) is 17.0. The summed E-state index contributed by atoms with van der Waals surface area (Å²) in [5, 5.41) is 7.85. The van der Waals surface area contributed by atoms with E-state index in [1.807, 2.05) is 0 Å². The SMILES string of the molecule is Cc1cc(C(F)F)c2c(C)nn(CC(=O)NCC34CC5CC(CC(C5)C3)C4)c2n1. The molecule has 0 saturated heterocycles. The Morgan fingerprint density at radius 3 is 2.41 bits per heavy atom. The molecular formula is C22H28F2N4O. The molecule has 4 saturated carbocycles. The van der Waals surface area contributed by atoms with E-state index in [2.05, 4.69) is 15.4 Å². The second kappa shape index (κ2) is 6.74. The molecule has 4 aliphatic carbocycles. The standard InChI is InChI=1S/C22H28F2N4O/c1-12-3-17(20(23)24)19-13(2)27-28(21(19)26-12)10-18(29)25-11-22-7-14-4-15(8-22)6-16(5-14)9-22/h3,14-16,20H,4-11H2,1-2H3,(H,25,29). The number of amides is 1. The highest BCUT2D eigenvalue weighted by Crippen LogP contribution is 2.59. The summed E-state index contributed by atoms with van der Waals surface area (Å²) >= 11 is 0. The number of aryl methyl sites for hydroxylation is 2. The van der Waals surface area contributed by atoms with Gasteiger partial charge in [-0.25, -0.2) is 18.4 Å². The van der Waals surface area contributed by atoms with Crippen LogP contribution in [0.4, 0.5) is 8.78 Å². The van der Waals surface area contributed by atoms with Crippen LogP contribution in [-0.4, -0.2) is 27.2 Å². The Bertz CT molecular complexity index is 932. The molecule has 0 unspecified atom stereocenters. The molecule has 0 radical (unpaired) electrons. The van der Waals surface area contributed by atoms with Crippen molar-refractivity contribution in [3.63, 3.8) is 0 Å². The minimum Gasteiger partial charge on any atom is -0.354 e. The van der Waals surface area contributed by atoms with Crippen LogP contribution in [0, 0.1) is 37.0 Å². The van der Waals surface area contributed by atoms with E-state index in [0.29, 0.717) is 22.4 Å². The molecule has 4 aliphatic rings. The Morgan fingerprint density at radius 2 is 1.83 bits per heavy atom. The second-order valence-electron chi connectivity index (χ2n) is 9.79. The number of fused-ring (bicyclic) bond motifs is 1. The van der Waals surface area contributed by atoms with Gasteiger partial charge in [-0.1, -0.05) is 0 Å². The molecule has 1 N–H and O–H groups in total. The van der Waals surface area contributed by atoms with Gasteiger partial charge in [0.25, 0.3) is 6.43 Å². The van der Waals surface area contributed by atoms with Gasteiger partial charge < -0.3 is 5.32 Å². The minimum absolute atomic E-state index is 0.00976. The maximum atomic E-state index is 13.5. The summed E-state index contributed by atoms with van der Waals surface area (Å²) in [4.78, 5) is 17.1. The quantitative estimate of drug-likeness (QED) is 0.810. The maximum Gasteiger partial charge on any atom is 0.264 e. The smallest absolute Gasteiger partial charge is 0.264 e. The maximum absolute atomic E-state index is 13.5. The van der Waals surface area contributed by atoms with Crippen LogP contribution in [0.3, 0.4) is 0 Å². The molecule has 4 fully saturated rings. The first-order valence-corrected chi connectivity index (χ1v) is 10.7. The lowest BCUT2D eigenvalue weighted by Crippen LogP contribution is -2.51. The molecule has 2 heterocycles. The minimum atomic E-state index is -2.60. The number of hydrogen-bond donors (Lipinski definition) is 1. The third kappa shape index (κ3) is 3.32. The molecule has 4 bridgehead atoms. The molecule has 2 aromatic rings. The van der Waals surface area contributed by atoms with E-state index >= 15 is 0 Å². The van der Waals surface area contributed by atoms with Gasteiger partial charge >= 0.3 is 0 Å². The number of nitrogens with zero attached hydrogens (tertiary/aromatic N) is 3. The monoisotopic (exact) mass is 402 g/mol. The van der Waals surface area contributed by atoms with Crippen molar-refractivity contribution in [2.24, 2.45) is 23.2 Å². The van der Waals surface area contributed by atoms with Crippen molar-refractivity contribution >= 4 is 16.9 Å². The van der Waals surface area contributed by atoms with Gasteiger partial charge in [-0.3, -0.25) is 4.79 Å². The van der Waals surface area contributed by atoms with Crippen molar-refractivity contribution in [1.29, 1.82) is 0 Å². The highest BCUT2D eigenvalue weighted by Gasteiger charge is 2.50. The van der Waals surface area contributed by atoms with Gasteiger partial charge in [-0.2, -0.15) is 5.10 Å². The number of rotatable bonds is 5. The fraction of sp³-hybridized carbons (Fsp3) is 0.682. The molecule has 6 rings (SSSR count). The Balaban J connectivity index is 1.32.